The molecule has 5 saturated heterocycles. The van der Waals surface area contributed by atoms with E-state index in [2.05, 4.69) is 46.8 Å². The summed E-state index contributed by atoms with van der Waals surface area (Å²) in [6.45, 7) is 16.1. The van der Waals surface area contributed by atoms with E-state index in [4.69, 9.17) is 42.6 Å². The second-order valence-corrected chi connectivity index (χ2v) is 26.5. The first kappa shape index (κ1) is 57.1. The molecule has 12 N–H and O–H groups in total. The van der Waals surface area contributed by atoms with E-state index in [0.29, 0.717) is 18.8 Å². The summed E-state index contributed by atoms with van der Waals surface area (Å²) < 4.78 is 56.6. The van der Waals surface area contributed by atoms with Gasteiger partial charge in [0.25, 0.3) is 0 Å². The molecule has 5 aliphatic heterocycles. The minimum Gasteiger partial charge on any atom is -0.396 e. The molecule has 0 aromatic rings. The zero-order valence-electron chi connectivity index (χ0n) is 44.7. The number of hydrogen-bond donors (Lipinski definition) is 12. The van der Waals surface area contributed by atoms with Gasteiger partial charge < -0.3 is 104 Å². The zero-order valence-corrected chi connectivity index (χ0v) is 44.7. The summed E-state index contributed by atoms with van der Waals surface area (Å²) in [6.07, 6.45) is -19.8. The van der Waals surface area contributed by atoms with Gasteiger partial charge in [-0.05, 0) is 105 Å². The van der Waals surface area contributed by atoms with Crippen LogP contribution in [0.1, 0.15) is 113 Å². The molecule has 75 heavy (non-hydrogen) atoms. The van der Waals surface area contributed by atoms with Gasteiger partial charge in [-0.3, -0.25) is 0 Å². The summed E-state index contributed by atoms with van der Waals surface area (Å²) in [5.74, 6) is 0.524. The Morgan fingerprint density at radius 1 is 0.520 bits per heavy atom. The fraction of sp³-hybridized carbons (Fsp3) is 0.963. The van der Waals surface area contributed by atoms with Gasteiger partial charge in [-0.2, -0.15) is 0 Å². The molecule has 21 nitrogen and oxygen atoms in total. The molecule has 5 aliphatic carbocycles. The van der Waals surface area contributed by atoms with Crippen molar-refractivity contribution in [3.63, 3.8) is 0 Å². The van der Waals surface area contributed by atoms with Crippen LogP contribution in [0.15, 0.2) is 12.2 Å². The Morgan fingerprint density at radius 3 is 1.76 bits per heavy atom. The molecule has 0 amide bonds. The highest BCUT2D eigenvalue weighted by Crippen LogP contribution is 2.79. The second-order valence-electron chi connectivity index (χ2n) is 26.5. The highest BCUT2D eigenvalue weighted by molar-refractivity contribution is 5.35. The molecule has 10 rings (SSSR count). The molecule has 10 aliphatic rings. The largest absolute Gasteiger partial charge is 0.396 e. The molecule has 0 aromatic heterocycles. The first-order valence-electron chi connectivity index (χ1n) is 27.7. The van der Waals surface area contributed by atoms with Gasteiger partial charge >= 0.3 is 0 Å². The molecule has 30 unspecified atom stereocenters. The molecule has 2 bridgehead atoms. The van der Waals surface area contributed by atoms with Crippen LogP contribution >= 0.6 is 0 Å². The van der Waals surface area contributed by atoms with Crippen LogP contribution < -0.4 is 0 Å². The van der Waals surface area contributed by atoms with Gasteiger partial charge in [0.15, 0.2) is 25.2 Å². The Kier molecular flexibility index (Phi) is 15.3. The van der Waals surface area contributed by atoms with E-state index in [1.807, 2.05) is 6.92 Å². The van der Waals surface area contributed by atoms with Gasteiger partial charge in [-0.25, -0.2) is 0 Å². The zero-order chi connectivity index (χ0) is 54.3. The van der Waals surface area contributed by atoms with E-state index in [1.54, 1.807) is 6.92 Å². The van der Waals surface area contributed by atoms with E-state index in [-0.39, 0.29) is 51.1 Å². The monoisotopic (exact) mass is 1070 g/mol. The molecular formula is C54H88O21. The molecule has 4 saturated carbocycles. The van der Waals surface area contributed by atoms with E-state index in [1.165, 1.54) is 19.8 Å². The molecule has 0 aromatic carbocycles. The molecule has 21 heteroatoms. The first-order chi connectivity index (χ1) is 35.2. The molecule has 9 fully saturated rings. The Morgan fingerprint density at radius 2 is 1.09 bits per heavy atom. The smallest absolute Gasteiger partial charge is 0.187 e. The van der Waals surface area contributed by atoms with Crippen LogP contribution in [0.2, 0.25) is 0 Å². The highest BCUT2D eigenvalue weighted by Gasteiger charge is 2.77. The lowest BCUT2D eigenvalue weighted by molar-refractivity contribution is -0.403. The molecule has 1 spiro atoms. The van der Waals surface area contributed by atoms with Gasteiger partial charge in [0.1, 0.15) is 85.5 Å². The van der Waals surface area contributed by atoms with E-state index >= 15 is 0 Å². The number of rotatable bonds is 11. The fourth-order valence-electron chi connectivity index (χ4n) is 17.1. The molecule has 0 radical (unpaired) electrons. The third-order valence-electron chi connectivity index (χ3n) is 22.1. The quantitative estimate of drug-likeness (QED) is 0.0915. The number of aliphatic hydroxyl groups excluding tert-OH is 12. The maximum absolute atomic E-state index is 12.0. The summed E-state index contributed by atoms with van der Waals surface area (Å²) in [5, 5.41) is 132. The van der Waals surface area contributed by atoms with Gasteiger partial charge in [0, 0.05) is 16.7 Å². The topological polar surface area (TPSA) is 326 Å². The first-order valence-corrected chi connectivity index (χ1v) is 27.7. The molecule has 430 valence electrons. The van der Waals surface area contributed by atoms with Crippen molar-refractivity contribution < 1.29 is 104 Å². The number of fused-ring (bicyclic) bond motifs is 4. The maximum atomic E-state index is 12.0. The summed E-state index contributed by atoms with van der Waals surface area (Å²) in [6, 6.07) is 0. The minimum atomic E-state index is -1.99. The van der Waals surface area contributed by atoms with E-state index in [9.17, 15) is 61.3 Å². The van der Waals surface area contributed by atoms with Gasteiger partial charge in [0.2, 0.25) is 0 Å². The minimum absolute atomic E-state index is 0.0621. The number of aliphatic hydroxyl groups is 12. The van der Waals surface area contributed by atoms with Crippen LogP contribution in [-0.4, -0.2) is 222 Å². The Labute approximate surface area is 439 Å². The summed E-state index contributed by atoms with van der Waals surface area (Å²) in [7, 11) is 0. The highest BCUT2D eigenvalue weighted by atomic mass is 16.8. The second kappa shape index (κ2) is 20.1. The van der Waals surface area contributed by atoms with Crippen molar-refractivity contribution in [2.75, 3.05) is 26.4 Å². The Balaban J connectivity index is 0.932. The van der Waals surface area contributed by atoms with Crippen LogP contribution in [0.25, 0.3) is 0 Å². The van der Waals surface area contributed by atoms with Crippen molar-refractivity contribution in [3.8, 4) is 0 Å². The average molecular weight is 1070 g/mol. The third-order valence-corrected chi connectivity index (χ3v) is 22.1. The normalized spacial score (nSPS) is 58.3. The van der Waals surface area contributed by atoms with Crippen molar-refractivity contribution in [2.24, 2.45) is 50.2 Å². The van der Waals surface area contributed by atoms with Crippen molar-refractivity contribution in [1.82, 2.24) is 0 Å². The third kappa shape index (κ3) is 8.64. The predicted octanol–water partition coefficient (Wildman–Crippen LogP) is -0.518. The van der Waals surface area contributed by atoms with Crippen molar-refractivity contribution >= 4 is 0 Å². The Bertz CT molecular complexity index is 2070. The lowest BCUT2D eigenvalue weighted by atomic mass is 9.32. The van der Waals surface area contributed by atoms with Crippen LogP contribution in [0.4, 0.5) is 0 Å². The Hall–Kier alpha value is -1.10. The SMILES string of the molecule is CC1OC(OC2C(CO)OC(OC3C(O)C(C)OC(OC4CCC5(C)C(CCC6(C)C5C=CC57OCC8(CCC(C)(C)CC85)CCC67C)C4(C)CO)C3OC3OC(CO)C(O)C(O)C3O)C(O)C2O)C(O)C(O)C1O. The van der Waals surface area contributed by atoms with Gasteiger partial charge in [-0.1, -0.05) is 53.7 Å². The lowest BCUT2D eigenvalue weighted by Gasteiger charge is -2.73. The standard InChI is InChI=1S/C54H88O21/c1-24-32(58)35(61)38(64)44(68-24)73-41-27(21-56)71-46(40(66)37(41)63)74-42-33(59)25(2)69-47(43(42)75-45-39(65)36(62)34(60)26(20-55)70-45)72-31-11-12-49(5)28(50(31,6)22-57)9-13-51(7)29(49)10-14-54-30-19-48(3,4)15-17-53(30,23-67-54)18-16-52(51,54)8/h10,14,24-47,55-66H,9,11-13,15-23H2,1-8H3. The molecule has 30 atom stereocenters. The molecule has 5 heterocycles. The van der Waals surface area contributed by atoms with Crippen LogP contribution in [0, 0.1) is 50.2 Å². The number of allylic oxidation sites excluding steroid dienone is 1. The van der Waals surface area contributed by atoms with Crippen LogP contribution in [0.5, 0.6) is 0 Å². The van der Waals surface area contributed by atoms with Crippen molar-refractivity contribution in [3.05, 3.63) is 12.2 Å². The van der Waals surface area contributed by atoms with Crippen LogP contribution in [-0.2, 0) is 42.6 Å². The van der Waals surface area contributed by atoms with Crippen molar-refractivity contribution in [1.29, 1.82) is 0 Å². The van der Waals surface area contributed by atoms with Crippen molar-refractivity contribution in [2.45, 2.75) is 248 Å². The van der Waals surface area contributed by atoms with E-state index < -0.39 is 148 Å². The maximum Gasteiger partial charge on any atom is 0.187 e. The predicted molar refractivity (Wildman–Crippen MR) is 259 cm³/mol. The summed E-state index contributed by atoms with van der Waals surface area (Å²) in [4.78, 5) is 0. The van der Waals surface area contributed by atoms with Gasteiger partial charge in [-0.15, -0.1) is 0 Å². The van der Waals surface area contributed by atoms with Crippen LogP contribution in [0.3, 0.4) is 0 Å². The fourth-order valence-corrected chi connectivity index (χ4v) is 17.1. The van der Waals surface area contributed by atoms with Gasteiger partial charge in [0.05, 0.1) is 50.3 Å². The number of ether oxygens (including phenoxy) is 9. The average Bonchev–Trinajstić information content (AvgIpc) is 3.61. The lowest BCUT2D eigenvalue weighted by Crippen LogP contribution is -2.71. The summed E-state index contributed by atoms with van der Waals surface area (Å²) in [5.41, 5.74) is -1.37. The van der Waals surface area contributed by atoms with E-state index in [0.717, 1.165) is 38.7 Å². The summed E-state index contributed by atoms with van der Waals surface area (Å²) >= 11 is 0. The number of hydrogen-bond acceptors (Lipinski definition) is 21. The molecular weight excluding hydrogens is 985 g/mol.